The molecule has 0 bridgehead atoms. The van der Waals surface area contributed by atoms with E-state index in [2.05, 4.69) is 20.3 Å². The number of aromatic nitrogens is 3. The highest BCUT2D eigenvalue weighted by Crippen LogP contribution is 2.24. The topological polar surface area (TPSA) is 146 Å². The summed E-state index contributed by atoms with van der Waals surface area (Å²) in [5.74, 6) is -1.69. The lowest BCUT2D eigenvalue weighted by atomic mass is 9.97. The maximum atomic E-state index is 12.7. The average Bonchev–Trinajstić information content (AvgIpc) is 3.26. The van der Waals surface area contributed by atoms with Crippen molar-refractivity contribution in [3.63, 3.8) is 0 Å². The third kappa shape index (κ3) is 6.70. The average molecular weight is 509 g/mol. The molecule has 13 heteroatoms. The van der Waals surface area contributed by atoms with Crippen LogP contribution in [0.1, 0.15) is 42.6 Å². The van der Waals surface area contributed by atoms with Crippen LogP contribution in [0.5, 0.6) is 0 Å². The monoisotopic (exact) mass is 508 g/mol. The van der Waals surface area contributed by atoms with Crippen molar-refractivity contribution >= 4 is 29.2 Å². The van der Waals surface area contributed by atoms with Gasteiger partial charge in [0.05, 0.1) is 11.8 Å². The zero-order chi connectivity index (χ0) is 26.7. The van der Waals surface area contributed by atoms with E-state index >= 15 is 0 Å². The number of nitrogens with two attached hydrogens (primary N) is 1. The minimum absolute atomic E-state index is 0.120. The molecule has 194 valence electrons. The van der Waals surface area contributed by atoms with Gasteiger partial charge in [0.1, 0.15) is 11.6 Å². The number of aliphatic hydroxyl groups is 1. The fourth-order valence-corrected chi connectivity index (χ4v) is 3.62. The minimum Gasteiger partial charge on any atom is -0.475 e. The number of carbonyl (C=O) groups excluding carboxylic acids is 1. The second-order valence-electron chi connectivity index (χ2n) is 8.84. The second-order valence-corrected chi connectivity index (χ2v) is 8.84. The van der Waals surface area contributed by atoms with Crippen molar-refractivity contribution in [2.24, 2.45) is 5.73 Å². The first-order valence-corrected chi connectivity index (χ1v) is 11.1. The lowest BCUT2D eigenvalue weighted by molar-refractivity contribution is -0.192. The summed E-state index contributed by atoms with van der Waals surface area (Å²) in [4.78, 5) is 28.3. The Morgan fingerprint density at radius 1 is 1.17 bits per heavy atom. The van der Waals surface area contributed by atoms with Gasteiger partial charge in [-0.3, -0.25) is 4.79 Å². The highest BCUT2D eigenvalue weighted by Gasteiger charge is 2.38. The predicted molar refractivity (Wildman–Crippen MR) is 126 cm³/mol. The van der Waals surface area contributed by atoms with E-state index in [1.54, 1.807) is 54.9 Å². The van der Waals surface area contributed by atoms with Crippen molar-refractivity contribution in [1.82, 2.24) is 14.6 Å². The van der Waals surface area contributed by atoms with Crippen molar-refractivity contribution in [2.45, 2.75) is 44.5 Å². The molecule has 0 spiro atoms. The van der Waals surface area contributed by atoms with Crippen LogP contribution in [-0.2, 0) is 10.4 Å². The maximum Gasteiger partial charge on any atom is 0.490 e. The zero-order valence-corrected chi connectivity index (χ0v) is 19.7. The van der Waals surface area contributed by atoms with Crippen LogP contribution in [0.2, 0.25) is 0 Å². The summed E-state index contributed by atoms with van der Waals surface area (Å²) in [6, 6.07) is 10.7. The van der Waals surface area contributed by atoms with Gasteiger partial charge >= 0.3 is 12.1 Å². The molecule has 4 rings (SSSR count). The number of rotatable bonds is 4. The number of nitrogens with zero attached hydrogens (tertiary/aromatic N) is 4. The summed E-state index contributed by atoms with van der Waals surface area (Å²) in [6.07, 6.45) is -1.37. The van der Waals surface area contributed by atoms with E-state index in [1.165, 1.54) is 0 Å². The first-order chi connectivity index (χ1) is 16.8. The zero-order valence-electron chi connectivity index (χ0n) is 19.7. The maximum absolute atomic E-state index is 12.7. The number of hydrogen-bond acceptors (Lipinski definition) is 7. The molecule has 2 aromatic heterocycles. The lowest BCUT2D eigenvalue weighted by Crippen LogP contribution is -2.43. The largest absolute Gasteiger partial charge is 0.490 e. The Hall–Kier alpha value is -3.71. The van der Waals surface area contributed by atoms with E-state index in [-0.39, 0.29) is 11.9 Å². The number of nitrogens with one attached hydrogen (secondary N) is 1. The standard InChI is InChI=1S/C21H26N6O2.C2HF3O2/c1-21(2,29)15-7-5-14(6-8-15)20(28)25-17-12-19(26-11-3-4-16(22)13-26)27-18(24-17)9-10-23-27;3-2(4,5)1(6)7/h5-10,12,16,29H,3-4,11,13,22H2,1-2H3,(H,24,25,28);(H,6,7)/t16-;/m1./s1. The van der Waals surface area contributed by atoms with Gasteiger partial charge in [0.25, 0.3) is 5.91 Å². The molecule has 1 aliphatic heterocycles. The van der Waals surface area contributed by atoms with Gasteiger partial charge in [-0.05, 0) is 44.4 Å². The third-order valence-corrected chi connectivity index (χ3v) is 5.46. The number of piperidine rings is 1. The molecule has 0 aliphatic carbocycles. The lowest BCUT2D eigenvalue weighted by Gasteiger charge is -2.32. The second kappa shape index (κ2) is 10.5. The van der Waals surface area contributed by atoms with Gasteiger partial charge in [-0.25, -0.2) is 9.78 Å². The van der Waals surface area contributed by atoms with Crippen molar-refractivity contribution in [2.75, 3.05) is 23.3 Å². The molecule has 1 aliphatic rings. The molecular weight excluding hydrogens is 481 g/mol. The van der Waals surface area contributed by atoms with Crippen molar-refractivity contribution < 1.29 is 33.0 Å². The van der Waals surface area contributed by atoms with Crippen molar-refractivity contribution in [3.05, 3.63) is 53.7 Å². The fraction of sp³-hybridized carbons (Fsp3) is 0.391. The minimum atomic E-state index is -5.08. The Kier molecular flexibility index (Phi) is 7.84. The number of carboxylic acid groups (broad SMARTS) is 1. The Bertz CT molecular complexity index is 1220. The van der Waals surface area contributed by atoms with Crippen LogP contribution in [0.25, 0.3) is 5.65 Å². The van der Waals surface area contributed by atoms with Gasteiger partial charge in [0.15, 0.2) is 5.65 Å². The smallest absolute Gasteiger partial charge is 0.475 e. The number of halogens is 3. The SMILES string of the molecule is CC(C)(O)c1ccc(C(=O)Nc2cc(N3CCC[C@@H](N)C3)n3nccc3n2)cc1.O=C(O)C(F)(F)F. The molecule has 3 aromatic rings. The fourth-order valence-electron chi connectivity index (χ4n) is 3.62. The summed E-state index contributed by atoms with van der Waals surface area (Å²) in [6.45, 7) is 5.05. The number of aliphatic carboxylic acids is 1. The summed E-state index contributed by atoms with van der Waals surface area (Å²) in [7, 11) is 0. The van der Waals surface area contributed by atoms with E-state index in [0.717, 1.165) is 37.3 Å². The van der Waals surface area contributed by atoms with Crippen LogP contribution < -0.4 is 16.0 Å². The Morgan fingerprint density at radius 2 is 1.81 bits per heavy atom. The number of carboxylic acids is 1. The van der Waals surface area contributed by atoms with Crippen LogP contribution in [0.15, 0.2) is 42.6 Å². The van der Waals surface area contributed by atoms with E-state index in [4.69, 9.17) is 15.6 Å². The Balaban J connectivity index is 0.000000454. The molecular formula is C23H27F3N6O4. The summed E-state index contributed by atoms with van der Waals surface area (Å²) in [5.41, 5.74) is 7.10. The molecule has 1 amide bonds. The van der Waals surface area contributed by atoms with E-state index in [1.807, 2.05) is 6.07 Å². The number of amides is 1. The number of hydrogen-bond donors (Lipinski definition) is 4. The van der Waals surface area contributed by atoms with Crippen LogP contribution in [0.4, 0.5) is 24.8 Å². The molecule has 36 heavy (non-hydrogen) atoms. The van der Waals surface area contributed by atoms with E-state index in [9.17, 15) is 23.1 Å². The summed E-state index contributed by atoms with van der Waals surface area (Å²) in [5, 5.41) is 24.4. The molecule has 1 fully saturated rings. The van der Waals surface area contributed by atoms with Crippen LogP contribution >= 0.6 is 0 Å². The molecule has 1 saturated heterocycles. The van der Waals surface area contributed by atoms with Gasteiger partial charge in [-0.1, -0.05) is 12.1 Å². The van der Waals surface area contributed by atoms with Crippen LogP contribution in [0, 0.1) is 0 Å². The normalized spacial score (nSPS) is 16.3. The van der Waals surface area contributed by atoms with Crippen molar-refractivity contribution in [1.29, 1.82) is 0 Å². The van der Waals surface area contributed by atoms with E-state index < -0.39 is 17.7 Å². The number of benzene rings is 1. The highest BCUT2D eigenvalue weighted by atomic mass is 19.4. The Morgan fingerprint density at radius 3 is 2.36 bits per heavy atom. The number of fused-ring (bicyclic) bond motifs is 1. The first kappa shape index (κ1) is 26.9. The van der Waals surface area contributed by atoms with Crippen LogP contribution in [-0.4, -0.2) is 62.0 Å². The number of carbonyl (C=O) groups is 2. The molecule has 3 heterocycles. The Labute approximate surface area is 204 Å². The van der Waals surface area contributed by atoms with Gasteiger partial charge in [-0.2, -0.15) is 22.8 Å². The summed E-state index contributed by atoms with van der Waals surface area (Å²) < 4.78 is 33.5. The van der Waals surface area contributed by atoms with Crippen molar-refractivity contribution in [3.8, 4) is 0 Å². The predicted octanol–water partition coefficient (Wildman–Crippen LogP) is 2.77. The molecule has 1 atom stereocenters. The van der Waals surface area contributed by atoms with Gasteiger partial charge < -0.3 is 26.2 Å². The molecule has 0 saturated carbocycles. The number of alkyl halides is 3. The molecule has 1 aromatic carbocycles. The summed E-state index contributed by atoms with van der Waals surface area (Å²) >= 11 is 0. The number of anilines is 2. The molecule has 10 nitrogen and oxygen atoms in total. The molecule has 0 radical (unpaired) electrons. The first-order valence-electron chi connectivity index (χ1n) is 11.1. The van der Waals surface area contributed by atoms with E-state index in [0.29, 0.717) is 17.0 Å². The molecule has 5 N–H and O–H groups in total. The quantitative estimate of drug-likeness (QED) is 0.421. The third-order valence-electron chi connectivity index (χ3n) is 5.46. The van der Waals surface area contributed by atoms with Crippen LogP contribution in [0.3, 0.4) is 0 Å². The van der Waals surface area contributed by atoms with Gasteiger partial charge in [0.2, 0.25) is 0 Å². The van der Waals surface area contributed by atoms with Gasteiger partial charge in [0, 0.05) is 36.8 Å². The van der Waals surface area contributed by atoms with Gasteiger partial charge in [-0.15, -0.1) is 0 Å². The molecule has 0 unspecified atom stereocenters. The highest BCUT2D eigenvalue weighted by molar-refractivity contribution is 6.04.